The number of hydrogen-bond acceptors (Lipinski definition) is 4. The van der Waals surface area contributed by atoms with E-state index in [1.165, 1.54) is 5.56 Å². The van der Waals surface area contributed by atoms with Gasteiger partial charge < -0.3 is 9.47 Å². The summed E-state index contributed by atoms with van der Waals surface area (Å²) in [6.07, 6.45) is 3.52. The third-order valence-electron chi connectivity index (χ3n) is 3.44. The van der Waals surface area contributed by atoms with Gasteiger partial charge >= 0.3 is 0 Å². The van der Waals surface area contributed by atoms with Gasteiger partial charge in [0.05, 0.1) is 37.9 Å². The minimum absolute atomic E-state index is 0.645. The highest BCUT2D eigenvalue weighted by Crippen LogP contribution is 2.27. The Morgan fingerprint density at radius 2 is 2.15 bits per heavy atom. The molecule has 6 heteroatoms. The lowest BCUT2D eigenvalue weighted by Gasteiger charge is -2.08. The molecule has 0 amide bonds. The number of ether oxygens (including phenoxy) is 2. The minimum Gasteiger partial charge on any atom is -0.481 e. The van der Waals surface area contributed by atoms with Gasteiger partial charge in [0.2, 0.25) is 5.88 Å². The van der Waals surface area contributed by atoms with Crippen LogP contribution in [0, 0.1) is 6.92 Å². The Bertz CT molecular complexity index is 640. The van der Waals surface area contributed by atoms with Gasteiger partial charge in [0.25, 0.3) is 0 Å². The van der Waals surface area contributed by atoms with Crippen molar-refractivity contribution in [1.82, 2.24) is 14.8 Å². The molecule has 0 spiro atoms. The van der Waals surface area contributed by atoms with E-state index < -0.39 is 0 Å². The van der Waals surface area contributed by atoms with Gasteiger partial charge in [-0.2, -0.15) is 5.10 Å². The second-order valence-electron chi connectivity index (χ2n) is 4.76. The summed E-state index contributed by atoms with van der Waals surface area (Å²) in [5.41, 5.74) is 4.26. The van der Waals surface area contributed by atoms with Gasteiger partial charge in [-0.1, -0.05) is 0 Å². The van der Waals surface area contributed by atoms with Gasteiger partial charge in [-0.15, -0.1) is 0 Å². The van der Waals surface area contributed by atoms with Crippen molar-refractivity contribution in [3.63, 3.8) is 0 Å². The molecule has 0 radical (unpaired) electrons. The van der Waals surface area contributed by atoms with E-state index in [4.69, 9.17) is 9.47 Å². The molecule has 0 fully saturated rings. The predicted molar refractivity (Wildman–Crippen MR) is 78.6 cm³/mol. The fourth-order valence-corrected chi connectivity index (χ4v) is 3.12. The highest BCUT2D eigenvalue weighted by Gasteiger charge is 2.19. The molecule has 20 heavy (non-hydrogen) atoms. The number of halogens is 1. The lowest BCUT2D eigenvalue weighted by molar-refractivity contribution is 0.145. The average Bonchev–Trinajstić information content (AvgIpc) is 2.64. The lowest BCUT2D eigenvalue weighted by atomic mass is 10.2. The molecule has 0 bridgehead atoms. The van der Waals surface area contributed by atoms with Crippen LogP contribution in [0.4, 0.5) is 0 Å². The van der Waals surface area contributed by atoms with Crippen LogP contribution in [0.5, 0.6) is 5.88 Å². The molecular weight excluding hydrogens is 322 g/mol. The summed E-state index contributed by atoms with van der Waals surface area (Å²) in [5.74, 6) is 0.645. The van der Waals surface area contributed by atoms with Crippen LogP contribution in [0.15, 0.2) is 16.9 Å². The molecule has 0 N–H and O–H groups in total. The predicted octanol–water partition coefficient (Wildman–Crippen LogP) is 2.46. The molecule has 1 aliphatic rings. The summed E-state index contributed by atoms with van der Waals surface area (Å²) >= 11 is 3.65. The number of methoxy groups -OCH3 is 1. The Balaban J connectivity index is 2.04. The lowest BCUT2D eigenvalue weighted by Crippen LogP contribution is -2.03. The smallest absolute Gasteiger partial charge is 0.216 e. The van der Waals surface area contributed by atoms with E-state index in [0.717, 1.165) is 47.6 Å². The van der Waals surface area contributed by atoms with E-state index >= 15 is 0 Å². The molecule has 0 aromatic carbocycles. The highest BCUT2D eigenvalue weighted by atomic mass is 79.9. The van der Waals surface area contributed by atoms with Gasteiger partial charge in [-0.3, -0.25) is 0 Å². The fourth-order valence-electron chi connectivity index (χ4n) is 2.41. The molecule has 0 unspecified atom stereocenters. The zero-order valence-corrected chi connectivity index (χ0v) is 13.1. The van der Waals surface area contributed by atoms with Crippen LogP contribution in [-0.4, -0.2) is 35.1 Å². The Hall–Kier alpha value is -1.40. The first-order valence-electron chi connectivity index (χ1n) is 6.55. The maximum absolute atomic E-state index is 5.49. The molecule has 3 heterocycles. The summed E-state index contributed by atoms with van der Waals surface area (Å²) in [6.45, 7) is 3.46. The fraction of sp³-hybridized carbons (Fsp3) is 0.429. The van der Waals surface area contributed by atoms with E-state index in [1.807, 2.05) is 17.7 Å². The van der Waals surface area contributed by atoms with Crippen molar-refractivity contribution in [2.75, 3.05) is 20.3 Å². The molecule has 3 rings (SSSR count). The van der Waals surface area contributed by atoms with E-state index in [9.17, 15) is 0 Å². The number of hydrogen-bond donors (Lipinski definition) is 0. The first-order valence-corrected chi connectivity index (χ1v) is 7.35. The second-order valence-corrected chi connectivity index (χ2v) is 5.51. The largest absolute Gasteiger partial charge is 0.481 e. The summed E-state index contributed by atoms with van der Waals surface area (Å²) in [7, 11) is 1.63. The first kappa shape index (κ1) is 13.6. The van der Waals surface area contributed by atoms with Crippen molar-refractivity contribution in [3.05, 3.63) is 33.7 Å². The SMILES string of the molecule is COc1ncc(-n2nc3c(c2Br)CCOCC3)cc1C. The molecular formula is C14H16BrN3O2. The molecule has 0 saturated carbocycles. The second kappa shape index (κ2) is 5.54. The first-order chi connectivity index (χ1) is 9.70. The third kappa shape index (κ3) is 2.33. The minimum atomic E-state index is 0.645. The van der Waals surface area contributed by atoms with Crippen molar-refractivity contribution < 1.29 is 9.47 Å². The zero-order valence-electron chi connectivity index (χ0n) is 11.5. The molecule has 2 aromatic heterocycles. The van der Waals surface area contributed by atoms with Crippen molar-refractivity contribution in [3.8, 4) is 11.6 Å². The van der Waals surface area contributed by atoms with Crippen LogP contribution in [0.3, 0.4) is 0 Å². The molecule has 0 atom stereocenters. The molecule has 106 valence electrons. The van der Waals surface area contributed by atoms with Gasteiger partial charge in [0, 0.05) is 24.0 Å². The summed E-state index contributed by atoms with van der Waals surface area (Å²) in [6, 6.07) is 2.03. The van der Waals surface area contributed by atoms with Crippen molar-refractivity contribution in [2.24, 2.45) is 0 Å². The maximum Gasteiger partial charge on any atom is 0.216 e. The summed E-state index contributed by atoms with van der Waals surface area (Å²) < 4.78 is 13.6. The average molecular weight is 338 g/mol. The quantitative estimate of drug-likeness (QED) is 0.844. The van der Waals surface area contributed by atoms with Crippen LogP contribution in [-0.2, 0) is 17.6 Å². The maximum atomic E-state index is 5.49. The summed E-state index contributed by atoms with van der Waals surface area (Å²) in [5, 5.41) is 4.69. The van der Waals surface area contributed by atoms with Crippen LogP contribution >= 0.6 is 15.9 Å². The van der Waals surface area contributed by atoms with Crippen molar-refractivity contribution >= 4 is 15.9 Å². The summed E-state index contributed by atoms with van der Waals surface area (Å²) in [4.78, 5) is 4.31. The number of rotatable bonds is 2. The normalized spacial score (nSPS) is 14.8. The van der Waals surface area contributed by atoms with Crippen LogP contribution in [0.2, 0.25) is 0 Å². The standard InChI is InChI=1S/C14H16BrN3O2/c1-9-7-10(8-16-14(9)19-2)18-13(15)11-3-5-20-6-4-12(11)17-18/h7-8H,3-6H2,1-2H3. The highest BCUT2D eigenvalue weighted by molar-refractivity contribution is 9.10. The Kier molecular flexibility index (Phi) is 3.76. The van der Waals surface area contributed by atoms with Crippen molar-refractivity contribution in [2.45, 2.75) is 19.8 Å². The van der Waals surface area contributed by atoms with Gasteiger partial charge in [0.1, 0.15) is 4.60 Å². The molecule has 5 nitrogen and oxygen atoms in total. The number of aromatic nitrogens is 3. The Labute approximate surface area is 126 Å². The molecule has 2 aromatic rings. The van der Waals surface area contributed by atoms with Gasteiger partial charge in [-0.05, 0) is 28.9 Å². The van der Waals surface area contributed by atoms with E-state index in [2.05, 4.69) is 26.0 Å². The van der Waals surface area contributed by atoms with Crippen LogP contribution in [0.1, 0.15) is 16.8 Å². The monoisotopic (exact) mass is 337 g/mol. The zero-order chi connectivity index (χ0) is 14.1. The van der Waals surface area contributed by atoms with Crippen molar-refractivity contribution in [1.29, 1.82) is 0 Å². The number of pyridine rings is 1. The topological polar surface area (TPSA) is 49.2 Å². The number of aryl methyl sites for hydroxylation is 1. The number of nitrogens with zero attached hydrogens (tertiary/aromatic N) is 3. The molecule has 0 saturated heterocycles. The van der Waals surface area contributed by atoms with E-state index in [0.29, 0.717) is 5.88 Å². The molecule has 0 aliphatic carbocycles. The van der Waals surface area contributed by atoms with Crippen LogP contribution in [0.25, 0.3) is 5.69 Å². The Morgan fingerprint density at radius 1 is 1.35 bits per heavy atom. The third-order valence-corrected chi connectivity index (χ3v) is 4.25. The molecule has 1 aliphatic heterocycles. The number of fused-ring (bicyclic) bond motifs is 1. The van der Waals surface area contributed by atoms with Gasteiger partial charge in [0.15, 0.2) is 0 Å². The van der Waals surface area contributed by atoms with E-state index in [-0.39, 0.29) is 0 Å². The van der Waals surface area contributed by atoms with Crippen LogP contribution < -0.4 is 4.74 Å². The Morgan fingerprint density at radius 3 is 2.90 bits per heavy atom. The van der Waals surface area contributed by atoms with Gasteiger partial charge in [-0.25, -0.2) is 9.67 Å². The van der Waals surface area contributed by atoms with E-state index in [1.54, 1.807) is 13.3 Å².